The number of aromatic nitrogens is 4. The average Bonchev–Trinajstić information content (AvgIpc) is 3.28. The standard InChI is InChI=1S/C17H24ClN4O10P/c1-4-29-13-9-12(20-17(18)21-13)22(7-19-9)14-10(23)11(28-3)8(32-14)6-31-16(33(25,26)27)15(24)30-5-2/h7-8,10-11,14,16,23H,4-6H2,1-3H3,(H2,25,26,27)/t8-,10-,11-,14-,16+/m1/s1. The Hall–Kier alpha value is -1.90. The van der Waals surface area contributed by atoms with E-state index in [4.69, 9.17) is 30.5 Å². The van der Waals surface area contributed by atoms with Crippen LogP contribution in [0.25, 0.3) is 11.2 Å². The summed E-state index contributed by atoms with van der Waals surface area (Å²) in [5.74, 6) is -3.21. The molecule has 14 nitrogen and oxygen atoms in total. The van der Waals surface area contributed by atoms with Crippen molar-refractivity contribution in [2.24, 2.45) is 0 Å². The smallest absolute Gasteiger partial charge is 0.365 e. The van der Waals surface area contributed by atoms with Gasteiger partial charge in [0.05, 0.1) is 26.1 Å². The Morgan fingerprint density at radius 2 is 2.06 bits per heavy atom. The Bertz CT molecular complexity index is 1030. The molecule has 1 aliphatic rings. The first-order valence-corrected chi connectivity index (χ1v) is 11.9. The van der Waals surface area contributed by atoms with Gasteiger partial charge in [0, 0.05) is 7.11 Å². The van der Waals surface area contributed by atoms with Crippen molar-refractivity contribution in [1.29, 1.82) is 0 Å². The highest BCUT2D eigenvalue weighted by Crippen LogP contribution is 2.43. The molecule has 184 valence electrons. The quantitative estimate of drug-likeness (QED) is 0.224. The molecule has 2 aromatic rings. The monoisotopic (exact) mass is 510 g/mol. The maximum Gasteiger partial charge on any atom is 0.365 e. The van der Waals surface area contributed by atoms with Crippen molar-refractivity contribution in [1.82, 2.24) is 19.5 Å². The van der Waals surface area contributed by atoms with E-state index < -0.39 is 50.6 Å². The van der Waals surface area contributed by atoms with Crippen LogP contribution in [-0.4, -0.2) is 91.5 Å². The maximum absolute atomic E-state index is 11.9. The molecular formula is C17H24ClN4O10P. The number of aliphatic hydroxyl groups excluding tert-OH is 1. The second-order valence-electron chi connectivity index (χ2n) is 6.84. The lowest BCUT2D eigenvalue weighted by atomic mass is 10.1. The van der Waals surface area contributed by atoms with Gasteiger partial charge in [-0.2, -0.15) is 9.97 Å². The third-order valence-corrected chi connectivity index (χ3v) is 5.85. The SMILES string of the molecule is CCOC(=O)[C@@H](OC[C@H]1O[C@@H](n2cnc3c(OCC)nc(Cl)nc32)[C@H](O)[C@@H]1OC)P(=O)(O)O. The lowest BCUT2D eigenvalue weighted by Gasteiger charge is -2.22. The molecule has 33 heavy (non-hydrogen) atoms. The van der Waals surface area contributed by atoms with Crippen LogP contribution in [0.3, 0.4) is 0 Å². The molecule has 0 radical (unpaired) electrons. The Morgan fingerprint density at radius 1 is 1.33 bits per heavy atom. The van der Waals surface area contributed by atoms with Gasteiger partial charge in [0.2, 0.25) is 11.2 Å². The first kappa shape index (κ1) is 25.7. The van der Waals surface area contributed by atoms with E-state index in [1.807, 2.05) is 0 Å². The molecule has 0 spiro atoms. The summed E-state index contributed by atoms with van der Waals surface area (Å²) < 4.78 is 39.5. The first-order chi connectivity index (χ1) is 15.6. The Morgan fingerprint density at radius 3 is 2.67 bits per heavy atom. The van der Waals surface area contributed by atoms with E-state index in [0.29, 0.717) is 6.61 Å². The number of imidazole rings is 1. The van der Waals surface area contributed by atoms with Gasteiger partial charge in [-0.3, -0.25) is 9.13 Å². The normalized spacial score (nSPS) is 24.2. The summed E-state index contributed by atoms with van der Waals surface area (Å²) in [7, 11) is -3.68. The number of carbonyl (C=O) groups excluding carboxylic acids is 1. The van der Waals surface area contributed by atoms with Crippen molar-refractivity contribution < 1.29 is 47.9 Å². The maximum atomic E-state index is 11.9. The minimum Gasteiger partial charge on any atom is -0.476 e. The van der Waals surface area contributed by atoms with Crippen LogP contribution in [0, 0.1) is 0 Å². The number of esters is 1. The molecule has 16 heteroatoms. The van der Waals surface area contributed by atoms with Crippen LogP contribution in [0.15, 0.2) is 6.33 Å². The summed E-state index contributed by atoms with van der Waals surface area (Å²) >= 11 is 5.99. The number of halogens is 1. The number of aliphatic hydroxyl groups is 1. The zero-order valence-electron chi connectivity index (χ0n) is 17.9. The molecule has 0 bridgehead atoms. The summed E-state index contributed by atoms with van der Waals surface area (Å²) in [5.41, 5.74) is 0.508. The summed E-state index contributed by atoms with van der Waals surface area (Å²) in [6.07, 6.45) is -2.99. The third kappa shape index (κ3) is 5.44. The number of ether oxygens (including phenoxy) is 5. The Balaban J connectivity index is 1.85. The predicted octanol–water partition coefficient (Wildman–Crippen LogP) is 0.235. The molecule has 3 N–H and O–H groups in total. The van der Waals surface area contributed by atoms with Crippen molar-refractivity contribution in [3.05, 3.63) is 11.6 Å². The van der Waals surface area contributed by atoms with Gasteiger partial charge in [-0.05, 0) is 25.4 Å². The number of nitrogens with zero attached hydrogens (tertiary/aromatic N) is 4. The van der Waals surface area contributed by atoms with Crippen molar-refractivity contribution in [2.45, 2.75) is 44.2 Å². The van der Waals surface area contributed by atoms with E-state index in [1.165, 1.54) is 24.9 Å². The van der Waals surface area contributed by atoms with E-state index in [9.17, 15) is 24.3 Å². The van der Waals surface area contributed by atoms with Gasteiger partial charge in [0.25, 0.3) is 5.85 Å². The molecule has 0 unspecified atom stereocenters. The molecule has 2 aromatic heterocycles. The largest absolute Gasteiger partial charge is 0.476 e. The Labute approximate surface area is 192 Å². The minimum absolute atomic E-state index is 0.0953. The fraction of sp³-hybridized carbons (Fsp3) is 0.647. The second-order valence-corrected chi connectivity index (χ2v) is 8.82. The number of fused-ring (bicyclic) bond motifs is 1. The molecule has 1 fully saturated rings. The number of hydrogen-bond donors (Lipinski definition) is 3. The fourth-order valence-electron chi connectivity index (χ4n) is 3.37. The van der Waals surface area contributed by atoms with Gasteiger partial charge < -0.3 is 38.6 Å². The van der Waals surface area contributed by atoms with Gasteiger partial charge in [-0.15, -0.1) is 0 Å². The summed E-state index contributed by atoms with van der Waals surface area (Å²) in [5, 5.41) is 10.7. The first-order valence-electron chi connectivity index (χ1n) is 9.84. The highest BCUT2D eigenvalue weighted by Gasteiger charge is 2.47. The van der Waals surface area contributed by atoms with Crippen molar-refractivity contribution in [2.75, 3.05) is 26.9 Å². The van der Waals surface area contributed by atoms with E-state index in [1.54, 1.807) is 6.92 Å². The Kier molecular flexibility index (Phi) is 8.24. The number of methoxy groups -OCH3 is 1. The van der Waals surface area contributed by atoms with E-state index in [0.717, 1.165) is 0 Å². The zero-order valence-corrected chi connectivity index (χ0v) is 19.5. The molecule has 3 heterocycles. The summed E-state index contributed by atoms with van der Waals surface area (Å²) in [4.78, 5) is 43.1. The lowest BCUT2D eigenvalue weighted by molar-refractivity contribution is -0.155. The molecule has 0 aromatic carbocycles. The van der Waals surface area contributed by atoms with E-state index in [-0.39, 0.29) is 28.9 Å². The van der Waals surface area contributed by atoms with Crippen LogP contribution in [0.4, 0.5) is 0 Å². The van der Waals surface area contributed by atoms with Crippen LogP contribution in [-0.2, 0) is 28.3 Å². The average molecular weight is 511 g/mol. The van der Waals surface area contributed by atoms with Gasteiger partial charge in [-0.1, -0.05) is 0 Å². The molecular weight excluding hydrogens is 487 g/mol. The molecule has 1 saturated heterocycles. The van der Waals surface area contributed by atoms with Gasteiger partial charge in [-0.25, -0.2) is 9.78 Å². The van der Waals surface area contributed by atoms with Crippen LogP contribution < -0.4 is 4.74 Å². The van der Waals surface area contributed by atoms with Gasteiger partial charge in [0.1, 0.15) is 18.3 Å². The van der Waals surface area contributed by atoms with Crippen molar-refractivity contribution in [3.63, 3.8) is 0 Å². The van der Waals surface area contributed by atoms with Crippen LogP contribution in [0.5, 0.6) is 5.88 Å². The highest BCUT2D eigenvalue weighted by atomic mass is 35.5. The molecule has 1 aliphatic heterocycles. The van der Waals surface area contributed by atoms with Gasteiger partial charge in [0.15, 0.2) is 17.4 Å². The van der Waals surface area contributed by atoms with Crippen LogP contribution in [0.2, 0.25) is 5.28 Å². The summed E-state index contributed by atoms with van der Waals surface area (Å²) in [6, 6.07) is 0. The van der Waals surface area contributed by atoms with Gasteiger partial charge >= 0.3 is 13.6 Å². The second kappa shape index (κ2) is 10.6. The van der Waals surface area contributed by atoms with Crippen LogP contribution >= 0.6 is 19.2 Å². The van der Waals surface area contributed by atoms with Crippen molar-refractivity contribution in [3.8, 4) is 5.88 Å². The lowest BCUT2D eigenvalue weighted by Crippen LogP contribution is -2.38. The highest BCUT2D eigenvalue weighted by molar-refractivity contribution is 7.53. The molecule has 0 amide bonds. The number of hydrogen-bond acceptors (Lipinski definition) is 11. The topological polar surface area (TPSA) is 185 Å². The fourth-order valence-corrected chi connectivity index (χ4v) is 4.15. The minimum atomic E-state index is -4.99. The van der Waals surface area contributed by atoms with E-state index in [2.05, 4.69) is 19.7 Å². The van der Waals surface area contributed by atoms with Crippen LogP contribution in [0.1, 0.15) is 20.1 Å². The van der Waals surface area contributed by atoms with E-state index >= 15 is 0 Å². The third-order valence-electron chi connectivity index (χ3n) is 4.71. The molecule has 0 saturated carbocycles. The number of carbonyl (C=O) groups is 1. The number of rotatable bonds is 10. The molecule has 0 aliphatic carbocycles. The predicted molar refractivity (Wildman–Crippen MR) is 111 cm³/mol. The van der Waals surface area contributed by atoms with Crippen molar-refractivity contribution >= 4 is 36.3 Å². The molecule has 3 rings (SSSR count). The summed E-state index contributed by atoms with van der Waals surface area (Å²) in [6.45, 7) is 2.97. The zero-order chi connectivity index (χ0) is 24.3. The molecule has 5 atom stereocenters.